The topological polar surface area (TPSA) is 52.6 Å². The number of ether oxygens (including phenoxy) is 2. The van der Waals surface area contributed by atoms with E-state index in [9.17, 15) is 9.59 Å². The van der Waals surface area contributed by atoms with Crippen LogP contribution in [0.2, 0.25) is 0 Å². The molecule has 0 spiro atoms. The van der Waals surface area contributed by atoms with Crippen molar-refractivity contribution in [1.29, 1.82) is 0 Å². The lowest BCUT2D eigenvalue weighted by Gasteiger charge is -2.05. The van der Waals surface area contributed by atoms with E-state index in [4.69, 9.17) is 4.74 Å². The summed E-state index contributed by atoms with van der Waals surface area (Å²) in [4.78, 5) is 21.4. The van der Waals surface area contributed by atoms with Gasteiger partial charge >= 0.3 is 5.97 Å². The van der Waals surface area contributed by atoms with Gasteiger partial charge in [0.05, 0.1) is 6.61 Å². The standard InChI is InChI=1S/C11H12O4.C2H6/c1-2-14-11(13)8-15-10-5-3-4-9(6-10)7-12;1-2/h3-7H,2,8H2,1H3;1-2H3. The number of rotatable bonds is 5. The third-order valence-corrected chi connectivity index (χ3v) is 1.66. The predicted molar refractivity (Wildman–Crippen MR) is 65.3 cm³/mol. The van der Waals surface area contributed by atoms with Gasteiger partial charge in [-0.15, -0.1) is 0 Å². The summed E-state index contributed by atoms with van der Waals surface area (Å²) in [6.07, 6.45) is 0.719. The predicted octanol–water partition coefficient (Wildman–Crippen LogP) is 2.47. The van der Waals surface area contributed by atoms with Gasteiger partial charge in [0.2, 0.25) is 0 Å². The van der Waals surface area contributed by atoms with Gasteiger partial charge in [-0.05, 0) is 19.1 Å². The first-order chi connectivity index (χ1) is 8.26. The molecule has 0 aliphatic rings. The van der Waals surface area contributed by atoms with Crippen molar-refractivity contribution in [3.63, 3.8) is 0 Å². The zero-order valence-electron chi connectivity index (χ0n) is 10.4. The Kier molecular flexibility index (Phi) is 8.37. The fourth-order valence-electron chi connectivity index (χ4n) is 1.02. The summed E-state index contributed by atoms with van der Waals surface area (Å²) in [5.74, 6) is 0.0571. The molecule has 0 atom stereocenters. The molecule has 0 bridgehead atoms. The van der Waals surface area contributed by atoms with E-state index in [1.165, 1.54) is 0 Å². The third kappa shape index (κ3) is 6.35. The quantitative estimate of drug-likeness (QED) is 0.584. The highest BCUT2D eigenvalue weighted by Crippen LogP contribution is 2.11. The molecule has 0 heterocycles. The number of hydrogen-bond donors (Lipinski definition) is 0. The lowest BCUT2D eigenvalue weighted by Crippen LogP contribution is -2.14. The molecule has 0 N–H and O–H groups in total. The Balaban J connectivity index is 0.00000121. The normalized spacial score (nSPS) is 8.65. The van der Waals surface area contributed by atoms with Gasteiger partial charge in [0.25, 0.3) is 0 Å². The van der Waals surface area contributed by atoms with Crippen LogP contribution < -0.4 is 4.74 Å². The zero-order chi connectivity index (χ0) is 13.1. The van der Waals surface area contributed by atoms with Crippen LogP contribution in [0, 0.1) is 0 Å². The number of hydrogen-bond acceptors (Lipinski definition) is 4. The Bertz CT molecular complexity index is 347. The fraction of sp³-hybridized carbons (Fsp3) is 0.385. The molecule has 0 aliphatic carbocycles. The Morgan fingerprint density at radius 3 is 2.65 bits per heavy atom. The first-order valence-electron chi connectivity index (χ1n) is 5.60. The van der Waals surface area contributed by atoms with Gasteiger partial charge in [0.15, 0.2) is 6.61 Å². The first-order valence-corrected chi connectivity index (χ1v) is 5.60. The van der Waals surface area contributed by atoms with E-state index in [1.54, 1.807) is 31.2 Å². The Morgan fingerprint density at radius 2 is 2.06 bits per heavy atom. The molecule has 0 aromatic heterocycles. The molecule has 0 saturated heterocycles. The fourth-order valence-corrected chi connectivity index (χ4v) is 1.02. The molecule has 0 unspecified atom stereocenters. The molecule has 0 aliphatic heterocycles. The largest absolute Gasteiger partial charge is 0.482 e. The third-order valence-electron chi connectivity index (χ3n) is 1.66. The minimum absolute atomic E-state index is 0.143. The van der Waals surface area contributed by atoms with Crippen LogP contribution in [-0.4, -0.2) is 25.5 Å². The molecule has 0 amide bonds. The molecule has 1 aromatic carbocycles. The molecule has 0 saturated carbocycles. The number of esters is 1. The molecule has 4 heteroatoms. The first kappa shape index (κ1) is 15.2. The summed E-state index contributed by atoms with van der Waals surface area (Å²) in [6.45, 7) is 5.91. The zero-order valence-corrected chi connectivity index (χ0v) is 10.4. The SMILES string of the molecule is CC.CCOC(=O)COc1cccc(C=O)c1. The second-order valence-corrected chi connectivity index (χ2v) is 2.78. The molecule has 17 heavy (non-hydrogen) atoms. The highest BCUT2D eigenvalue weighted by molar-refractivity contribution is 5.75. The van der Waals surface area contributed by atoms with E-state index in [0.717, 1.165) is 6.29 Å². The average molecular weight is 238 g/mol. The van der Waals surface area contributed by atoms with Crippen molar-refractivity contribution in [2.75, 3.05) is 13.2 Å². The van der Waals surface area contributed by atoms with Gasteiger partial charge in [0.1, 0.15) is 12.0 Å². The maximum Gasteiger partial charge on any atom is 0.344 e. The Hall–Kier alpha value is -1.84. The van der Waals surface area contributed by atoms with E-state index in [-0.39, 0.29) is 6.61 Å². The average Bonchev–Trinajstić information content (AvgIpc) is 2.39. The van der Waals surface area contributed by atoms with Crippen molar-refractivity contribution in [3.8, 4) is 5.75 Å². The highest BCUT2D eigenvalue weighted by atomic mass is 16.6. The lowest BCUT2D eigenvalue weighted by atomic mass is 10.2. The Morgan fingerprint density at radius 1 is 1.35 bits per heavy atom. The van der Waals surface area contributed by atoms with Gasteiger partial charge in [-0.2, -0.15) is 0 Å². The van der Waals surface area contributed by atoms with E-state index < -0.39 is 5.97 Å². The summed E-state index contributed by atoms with van der Waals surface area (Å²) < 4.78 is 9.82. The maximum atomic E-state index is 11.0. The molecule has 0 radical (unpaired) electrons. The van der Waals surface area contributed by atoms with Crippen molar-refractivity contribution in [2.45, 2.75) is 20.8 Å². The second-order valence-electron chi connectivity index (χ2n) is 2.78. The van der Waals surface area contributed by atoms with E-state index in [2.05, 4.69) is 4.74 Å². The van der Waals surface area contributed by atoms with Gasteiger partial charge in [0, 0.05) is 5.56 Å². The van der Waals surface area contributed by atoms with Crippen LogP contribution >= 0.6 is 0 Å². The van der Waals surface area contributed by atoms with Crippen molar-refractivity contribution < 1.29 is 19.1 Å². The molecule has 1 aromatic rings. The van der Waals surface area contributed by atoms with Crippen molar-refractivity contribution >= 4 is 12.3 Å². The number of carbonyl (C=O) groups excluding carboxylic acids is 2. The number of aldehydes is 1. The summed E-state index contributed by atoms with van der Waals surface area (Å²) in [7, 11) is 0. The highest BCUT2D eigenvalue weighted by Gasteiger charge is 2.02. The molecule has 4 nitrogen and oxygen atoms in total. The smallest absolute Gasteiger partial charge is 0.344 e. The molecule has 0 fully saturated rings. The van der Waals surface area contributed by atoms with Crippen molar-refractivity contribution in [1.82, 2.24) is 0 Å². The van der Waals surface area contributed by atoms with Crippen LogP contribution in [0.15, 0.2) is 24.3 Å². The van der Waals surface area contributed by atoms with Crippen LogP contribution in [0.4, 0.5) is 0 Å². The minimum atomic E-state index is -0.422. The number of carbonyl (C=O) groups is 2. The summed E-state index contributed by atoms with van der Waals surface area (Å²) >= 11 is 0. The van der Waals surface area contributed by atoms with Crippen LogP contribution in [0.25, 0.3) is 0 Å². The van der Waals surface area contributed by atoms with Crippen LogP contribution in [0.5, 0.6) is 5.75 Å². The summed E-state index contributed by atoms with van der Waals surface area (Å²) in [5.41, 5.74) is 0.511. The molecule has 94 valence electrons. The van der Waals surface area contributed by atoms with E-state index >= 15 is 0 Å². The van der Waals surface area contributed by atoms with E-state index in [0.29, 0.717) is 17.9 Å². The van der Waals surface area contributed by atoms with Crippen LogP contribution in [0.3, 0.4) is 0 Å². The molecular weight excluding hydrogens is 220 g/mol. The minimum Gasteiger partial charge on any atom is -0.482 e. The van der Waals surface area contributed by atoms with Crippen LogP contribution in [0.1, 0.15) is 31.1 Å². The second kappa shape index (κ2) is 9.39. The summed E-state index contributed by atoms with van der Waals surface area (Å²) in [5, 5.41) is 0. The lowest BCUT2D eigenvalue weighted by molar-refractivity contribution is -0.145. The van der Waals surface area contributed by atoms with E-state index in [1.807, 2.05) is 13.8 Å². The van der Waals surface area contributed by atoms with Crippen molar-refractivity contribution in [3.05, 3.63) is 29.8 Å². The van der Waals surface area contributed by atoms with Gasteiger partial charge in [-0.1, -0.05) is 26.0 Å². The van der Waals surface area contributed by atoms with Gasteiger partial charge < -0.3 is 9.47 Å². The molecular formula is C13H18O4. The van der Waals surface area contributed by atoms with Crippen molar-refractivity contribution in [2.24, 2.45) is 0 Å². The Labute approximate surface area is 102 Å². The number of benzene rings is 1. The maximum absolute atomic E-state index is 11.0. The van der Waals surface area contributed by atoms with Gasteiger partial charge in [-0.3, -0.25) is 4.79 Å². The van der Waals surface area contributed by atoms with Crippen LogP contribution in [-0.2, 0) is 9.53 Å². The molecule has 1 rings (SSSR count). The summed E-state index contributed by atoms with van der Waals surface area (Å²) in [6, 6.07) is 6.58. The van der Waals surface area contributed by atoms with Gasteiger partial charge in [-0.25, -0.2) is 4.79 Å². The monoisotopic (exact) mass is 238 g/mol.